The third kappa shape index (κ3) is 4.72. The van der Waals surface area contributed by atoms with Gasteiger partial charge in [0.15, 0.2) is 0 Å². The highest BCUT2D eigenvalue weighted by Gasteiger charge is 2.35. The van der Waals surface area contributed by atoms with Gasteiger partial charge in [0.1, 0.15) is 10.7 Å². The monoisotopic (exact) mass is 431 g/mol. The van der Waals surface area contributed by atoms with Crippen molar-refractivity contribution in [3.8, 4) is 0 Å². The first-order valence-corrected chi connectivity index (χ1v) is 10.1. The van der Waals surface area contributed by atoms with Crippen LogP contribution in [-0.4, -0.2) is 43.3 Å². The normalized spacial score (nSPS) is 16.6. The quantitative estimate of drug-likeness (QED) is 0.766. The third-order valence-corrected chi connectivity index (χ3v) is 5.26. The topological polar surface area (TPSA) is 118 Å². The molecule has 0 spiro atoms. The molecule has 1 aliphatic heterocycles. The number of pyridine rings is 2. The lowest BCUT2D eigenvalue weighted by Gasteiger charge is -2.33. The predicted octanol–water partition coefficient (Wildman–Crippen LogP) is 2.27. The van der Waals surface area contributed by atoms with E-state index in [1.807, 2.05) is 0 Å². The van der Waals surface area contributed by atoms with Crippen LogP contribution in [-0.2, 0) is 10.0 Å². The summed E-state index contributed by atoms with van der Waals surface area (Å²) in [5.41, 5.74) is 0.159. The number of piperidine rings is 1. The minimum atomic E-state index is -4.00. The first-order chi connectivity index (χ1) is 13.0. The largest absolute Gasteiger partial charge is 0.356 e. The molecule has 0 saturated carbocycles. The number of nitrogens with two attached hydrogens (primary N) is 1. The van der Waals surface area contributed by atoms with Gasteiger partial charge in [-0.25, -0.2) is 27.3 Å². The molecular weight excluding hydrogens is 416 g/mol. The van der Waals surface area contributed by atoms with Crippen molar-refractivity contribution in [1.29, 1.82) is 0 Å². The van der Waals surface area contributed by atoms with Crippen LogP contribution in [0.3, 0.4) is 0 Å². The van der Waals surface area contributed by atoms with E-state index in [9.17, 15) is 22.0 Å². The highest BCUT2D eigenvalue weighted by Crippen LogP contribution is 2.32. The van der Waals surface area contributed by atoms with Crippen LogP contribution < -0.4 is 15.4 Å². The number of hydrogen-bond donors (Lipinski definition) is 2. The molecule has 12 heteroatoms. The van der Waals surface area contributed by atoms with Crippen molar-refractivity contribution in [1.82, 2.24) is 9.97 Å². The van der Waals surface area contributed by atoms with Gasteiger partial charge in [-0.2, -0.15) is 0 Å². The zero-order valence-electron chi connectivity index (χ0n) is 14.4. The van der Waals surface area contributed by atoms with Gasteiger partial charge in [-0.1, -0.05) is 11.6 Å². The van der Waals surface area contributed by atoms with Gasteiger partial charge in [0, 0.05) is 38.3 Å². The van der Waals surface area contributed by atoms with Crippen LogP contribution in [0.25, 0.3) is 0 Å². The molecule has 0 aromatic carbocycles. The van der Waals surface area contributed by atoms with E-state index < -0.39 is 21.9 Å². The maximum Gasteiger partial charge on any atom is 0.259 e. The van der Waals surface area contributed by atoms with E-state index in [0.717, 1.165) is 12.3 Å². The van der Waals surface area contributed by atoms with E-state index in [-0.39, 0.29) is 52.9 Å². The van der Waals surface area contributed by atoms with Crippen LogP contribution in [0, 0.1) is 0 Å². The van der Waals surface area contributed by atoms with Gasteiger partial charge in [-0.3, -0.25) is 9.78 Å². The summed E-state index contributed by atoms with van der Waals surface area (Å²) in [6.07, 6.45) is 2.91. The van der Waals surface area contributed by atoms with Crippen molar-refractivity contribution >= 4 is 39.0 Å². The fourth-order valence-electron chi connectivity index (χ4n) is 2.74. The first-order valence-electron chi connectivity index (χ1n) is 8.13. The second-order valence-corrected chi connectivity index (χ2v) is 8.27. The molecule has 1 aliphatic rings. The Bertz CT molecular complexity index is 1010. The van der Waals surface area contributed by atoms with Crippen molar-refractivity contribution in [2.45, 2.75) is 23.7 Å². The van der Waals surface area contributed by atoms with E-state index in [1.165, 1.54) is 18.5 Å². The summed E-state index contributed by atoms with van der Waals surface area (Å²) >= 11 is 5.94. The molecule has 1 saturated heterocycles. The molecule has 3 heterocycles. The number of sulfonamides is 1. The summed E-state index contributed by atoms with van der Waals surface area (Å²) in [7, 11) is -4.00. The predicted molar refractivity (Wildman–Crippen MR) is 99.2 cm³/mol. The number of rotatable bonds is 4. The molecule has 8 nitrogen and oxygen atoms in total. The zero-order chi connectivity index (χ0) is 20.5. The average molecular weight is 432 g/mol. The molecule has 0 aliphatic carbocycles. The SMILES string of the molecule is NS(=O)(=O)c1cncc(NC(=O)c2cc(Cl)cnc2N2CCC(F)(F)CC2)c1. The number of primary sulfonamides is 1. The molecule has 3 rings (SSSR count). The minimum Gasteiger partial charge on any atom is -0.356 e. The molecule has 1 amide bonds. The Hall–Kier alpha value is -2.37. The van der Waals surface area contributed by atoms with Crippen molar-refractivity contribution in [3.63, 3.8) is 0 Å². The standard InChI is InChI=1S/C16H16ClF2N5O3S/c17-10-5-13(14(22-7-10)24-3-1-16(18,19)2-4-24)15(25)23-11-6-12(9-21-8-11)28(20,26)27/h5-9H,1-4H2,(H,23,25)(H2,20,26,27). The molecule has 1 fully saturated rings. The van der Waals surface area contributed by atoms with Crippen LogP contribution in [0.1, 0.15) is 23.2 Å². The number of hydrogen-bond acceptors (Lipinski definition) is 6. The Morgan fingerprint density at radius 2 is 1.89 bits per heavy atom. The molecule has 0 bridgehead atoms. The van der Waals surface area contributed by atoms with E-state index in [4.69, 9.17) is 16.7 Å². The van der Waals surface area contributed by atoms with E-state index in [2.05, 4.69) is 15.3 Å². The summed E-state index contributed by atoms with van der Waals surface area (Å²) in [6, 6.07) is 2.52. The fraction of sp³-hybridized carbons (Fsp3) is 0.312. The summed E-state index contributed by atoms with van der Waals surface area (Å²) in [6.45, 7) is 0.0642. The highest BCUT2D eigenvalue weighted by atomic mass is 35.5. The Morgan fingerprint density at radius 1 is 1.21 bits per heavy atom. The van der Waals surface area contributed by atoms with Gasteiger partial charge < -0.3 is 10.2 Å². The number of alkyl halides is 2. The van der Waals surface area contributed by atoms with E-state index in [0.29, 0.717) is 0 Å². The lowest BCUT2D eigenvalue weighted by molar-refractivity contribution is -0.0221. The van der Waals surface area contributed by atoms with Crippen molar-refractivity contribution in [3.05, 3.63) is 41.3 Å². The average Bonchev–Trinajstić information content (AvgIpc) is 2.61. The van der Waals surface area contributed by atoms with Crippen LogP contribution in [0.15, 0.2) is 35.6 Å². The van der Waals surface area contributed by atoms with Gasteiger partial charge in [0.25, 0.3) is 11.8 Å². The summed E-state index contributed by atoms with van der Waals surface area (Å²) < 4.78 is 49.7. The third-order valence-electron chi connectivity index (χ3n) is 4.17. The van der Waals surface area contributed by atoms with E-state index >= 15 is 0 Å². The summed E-state index contributed by atoms with van der Waals surface area (Å²) in [4.78, 5) is 21.9. The van der Waals surface area contributed by atoms with Crippen molar-refractivity contribution < 1.29 is 22.0 Å². The fourth-order valence-corrected chi connectivity index (χ4v) is 3.39. The molecule has 2 aromatic rings. The maximum absolute atomic E-state index is 13.4. The number of anilines is 2. The molecule has 0 unspecified atom stereocenters. The lowest BCUT2D eigenvalue weighted by atomic mass is 10.1. The van der Waals surface area contributed by atoms with Gasteiger partial charge >= 0.3 is 0 Å². The molecule has 0 radical (unpaired) electrons. The second-order valence-electron chi connectivity index (χ2n) is 6.28. The van der Waals surface area contributed by atoms with Gasteiger partial charge in [0.05, 0.1) is 22.5 Å². The molecule has 0 atom stereocenters. The van der Waals surface area contributed by atoms with Crippen molar-refractivity contribution in [2.24, 2.45) is 5.14 Å². The smallest absolute Gasteiger partial charge is 0.259 e. The molecular formula is C16H16ClF2N5O3S. The molecule has 28 heavy (non-hydrogen) atoms. The number of nitrogens with one attached hydrogen (secondary N) is 1. The Kier molecular flexibility index (Phi) is 5.50. The molecule has 2 aromatic heterocycles. The Balaban J connectivity index is 1.87. The van der Waals surface area contributed by atoms with E-state index in [1.54, 1.807) is 4.90 Å². The van der Waals surface area contributed by atoms with Gasteiger partial charge in [-0.05, 0) is 12.1 Å². The number of aromatic nitrogens is 2. The van der Waals surface area contributed by atoms with Crippen LogP contribution >= 0.6 is 11.6 Å². The van der Waals surface area contributed by atoms with Crippen LogP contribution in [0.2, 0.25) is 5.02 Å². The number of carbonyl (C=O) groups excluding carboxylic acids is 1. The molecule has 3 N–H and O–H groups in total. The Morgan fingerprint density at radius 3 is 2.54 bits per heavy atom. The maximum atomic E-state index is 13.4. The molecule has 150 valence electrons. The van der Waals surface area contributed by atoms with Crippen LogP contribution in [0.5, 0.6) is 0 Å². The minimum absolute atomic E-state index is 0.0321. The highest BCUT2D eigenvalue weighted by molar-refractivity contribution is 7.89. The number of amides is 1. The van der Waals surface area contributed by atoms with Gasteiger partial charge in [0.2, 0.25) is 10.0 Å². The number of halogens is 3. The second kappa shape index (κ2) is 7.57. The summed E-state index contributed by atoms with van der Waals surface area (Å²) in [5.74, 6) is -3.17. The first kappa shape index (κ1) is 20.4. The summed E-state index contributed by atoms with van der Waals surface area (Å²) in [5, 5.41) is 7.74. The number of nitrogens with zero attached hydrogens (tertiary/aromatic N) is 3. The lowest BCUT2D eigenvalue weighted by Crippen LogP contribution is -2.40. The van der Waals surface area contributed by atoms with Gasteiger partial charge in [-0.15, -0.1) is 0 Å². The Labute approximate surface area is 164 Å². The number of carbonyl (C=O) groups is 1. The van der Waals surface area contributed by atoms with Crippen molar-refractivity contribution in [2.75, 3.05) is 23.3 Å². The van der Waals surface area contributed by atoms with Crippen LogP contribution in [0.4, 0.5) is 20.3 Å². The zero-order valence-corrected chi connectivity index (χ0v) is 16.0.